The first kappa shape index (κ1) is 20.9. The number of benzene rings is 2. The van der Waals surface area contributed by atoms with Crippen LogP contribution in [0.3, 0.4) is 0 Å². The molecule has 0 unspecified atom stereocenters. The van der Waals surface area contributed by atoms with Crippen LogP contribution in [0.1, 0.15) is 18.8 Å². The Labute approximate surface area is 165 Å². The van der Waals surface area contributed by atoms with Crippen molar-refractivity contribution in [2.75, 3.05) is 25.6 Å². The van der Waals surface area contributed by atoms with E-state index >= 15 is 0 Å². The highest BCUT2D eigenvalue weighted by Crippen LogP contribution is 2.36. The smallest absolute Gasteiger partial charge is 0.496 e. The summed E-state index contributed by atoms with van der Waals surface area (Å²) in [7, 11) is 1.55. The number of para-hydroxylation sites is 1. The second-order valence-electron chi connectivity index (χ2n) is 6.78. The van der Waals surface area contributed by atoms with Gasteiger partial charge in [0, 0.05) is 11.3 Å². The first-order chi connectivity index (χ1) is 13.7. The summed E-state index contributed by atoms with van der Waals surface area (Å²) in [5.74, 6) is -0.127. The molecule has 3 rings (SSSR count). The molecule has 1 saturated heterocycles. The van der Waals surface area contributed by atoms with Gasteiger partial charge in [0.1, 0.15) is 11.5 Å². The minimum Gasteiger partial charge on any atom is -0.496 e. The molecular weight excluding hydrogens is 391 g/mol. The van der Waals surface area contributed by atoms with Crippen LogP contribution in [-0.4, -0.2) is 32.6 Å². The van der Waals surface area contributed by atoms with Crippen LogP contribution in [0.5, 0.6) is 11.5 Å². The van der Waals surface area contributed by atoms with Crippen LogP contribution < -0.4 is 14.8 Å². The molecule has 1 aliphatic rings. The van der Waals surface area contributed by atoms with E-state index in [4.69, 9.17) is 14.2 Å². The van der Waals surface area contributed by atoms with Crippen LogP contribution in [0.15, 0.2) is 48.5 Å². The number of rotatable bonds is 5. The monoisotopic (exact) mass is 411 g/mol. The minimum atomic E-state index is -4.77. The molecular formula is C20H20F3NO5. The number of methoxy groups -OCH3 is 1. The molecule has 1 aliphatic heterocycles. The predicted molar refractivity (Wildman–Crippen MR) is 97.5 cm³/mol. The molecule has 0 aromatic heterocycles. The van der Waals surface area contributed by atoms with Crippen LogP contribution in [0, 0.1) is 5.41 Å². The third-order valence-corrected chi connectivity index (χ3v) is 4.39. The fraction of sp³-hybridized carbons (Fsp3) is 0.350. The summed E-state index contributed by atoms with van der Waals surface area (Å²) >= 11 is 0. The lowest BCUT2D eigenvalue weighted by Gasteiger charge is -2.36. The Bertz CT molecular complexity index is 846. The molecule has 0 aliphatic carbocycles. The van der Waals surface area contributed by atoms with E-state index in [-0.39, 0.29) is 24.9 Å². The quantitative estimate of drug-likeness (QED) is 0.796. The molecule has 0 saturated carbocycles. The second kappa shape index (κ2) is 8.30. The largest absolute Gasteiger partial charge is 0.573 e. The molecule has 2 aromatic carbocycles. The Hall–Kier alpha value is -2.78. The van der Waals surface area contributed by atoms with Crippen molar-refractivity contribution in [3.63, 3.8) is 0 Å². The van der Waals surface area contributed by atoms with E-state index in [2.05, 4.69) is 10.1 Å². The molecule has 156 valence electrons. The maximum Gasteiger partial charge on any atom is 0.573 e. The van der Waals surface area contributed by atoms with Crippen molar-refractivity contribution >= 4 is 11.6 Å². The van der Waals surface area contributed by atoms with Crippen LogP contribution >= 0.6 is 0 Å². The Morgan fingerprint density at radius 1 is 1.10 bits per heavy atom. The zero-order chi connectivity index (χ0) is 21.1. The van der Waals surface area contributed by atoms with Gasteiger partial charge < -0.3 is 24.3 Å². The van der Waals surface area contributed by atoms with Crippen LogP contribution in [0.2, 0.25) is 0 Å². The molecule has 0 bridgehead atoms. The summed E-state index contributed by atoms with van der Waals surface area (Å²) in [6.07, 6.45) is -5.43. The highest BCUT2D eigenvalue weighted by Gasteiger charge is 2.40. The van der Waals surface area contributed by atoms with Gasteiger partial charge in [-0.25, -0.2) is 0 Å². The standard InChI is InChI=1S/C20H20F3NO5/c1-19(11-27-17(28-12-19)15-5-3-4-6-16(15)26-2)18(25)24-13-7-9-14(10-8-13)29-20(21,22)23/h3-10,17H,11-12H2,1-2H3,(H,24,25). The van der Waals surface area contributed by atoms with Crippen molar-refractivity contribution in [2.45, 2.75) is 19.6 Å². The number of ether oxygens (including phenoxy) is 4. The van der Waals surface area contributed by atoms with E-state index in [1.54, 1.807) is 20.1 Å². The van der Waals surface area contributed by atoms with Crippen molar-refractivity contribution in [1.82, 2.24) is 0 Å². The first-order valence-corrected chi connectivity index (χ1v) is 8.73. The average Bonchev–Trinajstić information content (AvgIpc) is 2.69. The highest BCUT2D eigenvalue weighted by atomic mass is 19.4. The Balaban J connectivity index is 1.60. The van der Waals surface area contributed by atoms with Gasteiger partial charge in [-0.15, -0.1) is 13.2 Å². The van der Waals surface area contributed by atoms with Gasteiger partial charge in [0.2, 0.25) is 5.91 Å². The van der Waals surface area contributed by atoms with E-state index in [0.717, 1.165) is 17.7 Å². The number of hydrogen-bond acceptors (Lipinski definition) is 5. The van der Waals surface area contributed by atoms with Gasteiger partial charge in [0.15, 0.2) is 6.29 Å². The van der Waals surface area contributed by atoms with Gasteiger partial charge in [-0.3, -0.25) is 4.79 Å². The lowest BCUT2D eigenvalue weighted by atomic mass is 9.90. The summed E-state index contributed by atoms with van der Waals surface area (Å²) in [6, 6.07) is 12.2. The fourth-order valence-corrected chi connectivity index (χ4v) is 2.80. The number of carbonyl (C=O) groups is 1. The summed E-state index contributed by atoms with van der Waals surface area (Å²) in [6.45, 7) is 1.87. The van der Waals surface area contributed by atoms with E-state index in [1.807, 2.05) is 18.2 Å². The zero-order valence-electron chi connectivity index (χ0n) is 15.8. The number of hydrogen-bond donors (Lipinski definition) is 1. The normalized spacial score (nSPS) is 22.0. The van der Waals surface area contributed by atoms with Crippen molar-refractivity contribution in [2.24, 2.45) is 5.41 Å². The average molecular weight is 411 g/mol. The Kier molecular flexibility index (Phi) is 5.99. The van der Waals surface area contributed by atoms with E-state index < -0.39 is 18.1 Å². The summed E-state index contributed by atoms with van der Waals surface area (Å²) < 4.78 is 57.3. The maximum atomic E-state index is 12.7. The van der Waals surface area contributed by atoms with Gasteiger partial charge in [0.25, 0.3) is 0 Å². The summed E-state index contributed by atoms with van der Waals surface area (Å²) in [5.41, 5.74) is 0.0787. The lowest BCUT2D eigenvalue weighted by molar-refractivity contribution is -0.274. The molecule has 1 amide bonds. The van der Waals surface area contributed by atoms with Crippen molar-refractivity contribution < 1.29 is 36.9 Å². The number of nitrogens with one attached hydrogen (secondary N) is 1. The van der Waals surface area contributed by atoms with Gasteiger partial charge in [-0.1, -0.05) is 18.2 Å². The molecule has 1 heterocycles. The second-order valence-corrected chi connectivity index (χ2v) is 6.78. The third-order valence-electron chi connectivity index (χ3n) is 4.39. The summed E-state index contributed by atoms with van der Waals surface area (Å²) in [4.78, 5) is 12.7. The van der Waals surface area contributed by atoms with Crippen molar-refractivity contribution in [3.05, 3.63) is 54.1 Å². The maximum absolute atomic E-state index is 12.7. The number of amides is 1. The number of alkyl halides is 3. The highest BCUT2D eigenvalue weighted by molar-refractivity contribution is 5.95. The fourth-order valence-electron chi connectivity index (χ4n) is 2.80. The molecule has 0 spiro atoms. The minimum absolute atomic E-state index is 0.0941. The van der Waals surface area contributed by atoms with Gasteiger partial charge in [-0.05, 0) is 37.3 Å². The molecule has 29 heavy (non-hydrogen) atoms. The third kappa shape index (κ3) is 5.18. The van der Waals surface area contributed by atoms with Crippen LogP contribution in [-0.2, 0) is 14.3 Å². The predicted octanol–water partition coefficient (Wildman–Crippen LogP) is 4.28. The van der Waals surface area contributed by atoms with Crippen LogP contribution in [0.25, 0.3) is 0 Å². The topological polar surface area (TPSA) is 66.0 Å². The van der Waals surface area contributed by atoms with E-state index in [0.29, 0.717) is 11.4 Å². The number of anilines is 1. The molecule has 0 radical (unpaired) electrons. The summed E-state index contributed by atoms with van der Waals surface area (Å²) in [5, 5.41) is 2.66. The molecule has 9 heteroatoms. The Morgan fingerprint density at radius 2 is 1.72 bits per heavy atom. The number of halogens is 3. The zero-order valence-corrected chi connectivity index (χ0v) is 15.8. The molecule has 2 aromatic rings. The van der Waals surface area contributed by atoms with E-state index in [9.17, 15) is 18.0 Å². The van der Waals surface area contributed by atoms with Crippen molar-refractivity contribution in [1.29, 1.82) is 0 Å². The van der Waals surface area contributed by atoms with E-state index in [1.165, 1.54) is 12.1 Å². The molecule has 1 fully saturated rings. The number of carbonyl (C=O) groups excluding carboxylic acids is 1. The molecule has 0 atom stereocenters. The first-order valence-electron chi connectivity index (χ1n) is 8.73. The van der Waals surface area contributed by atoms with Gasteiger partial charge >= 0.3 is 6.36 Å². The molecule has 1 N–H and O–H groups in total. The van der Waals surface area contributed by atoms with Gasteiger partial charge in [-0.2, -0.15) is 0 Å². The molecule has 6 nitrogen and oxygen atoms in total. The van der Waals surface area contributed by atoms with Crippen LogP contribution in [0.4, 0.5) is 18.9 Å². The SMILES string of the molecule is COc1ccccc1C1OCC(C)(C(=O)Nc2ccc(OC(F)(F)F)cc2)CO1. The Morgan fingerprint density at radius 3 is 2.31 bits per heavy atom. The lowest BCUT2D eigenvalue weighted by Crippen LogP contribution is -2.45. The van der Waals surface area contributed by atoms with Gasteiger partial charge in [0.05, 0.1) is 25.7 Å². The van der Waals surface area contributed by atoms with Crippen molar-refractivity contribution in [3.8, 4) is 11.5 Å².